The molecule has 3 aromatic rings. The highest BCUT2D eigenvalue weighted by Gasteiger charge is 2.44. The van der Waals surface area contributed by atoms with E-state index in [2.05, 4.69) is 27.5 Å². The fourth-order valence-electron chi connectivity index (χ4n) is 4.60. The lowest BCUT2D eigenvalue weighted by Gasteiger charge is -2.42. The highest BCUT2D eigenvalue weighted by molar-refractivity contribution is 5.93. The number of carbonyl (C=O) groups is 2. The Kier molecular flexibility index (Phi) is 6.35. The smallest absolute Gasteiger partial charge is 0.274 e. The molecule has 1 aliphatic rings. The van der Waals surface area contributed by atoms with Gasteiger partial charge in [-0.05, 0) is 49.4 Å². The van der Waals surface area contributed by atoms with Crippen molar-refractivity contribution in [3.63, 3.8) is 0 Å². The zero-order valence-corrected chi connectivity index (χ0v) is 18.6. The lowest BCUT2D eigenvalue weighted by Crippen LogP contribution is -2.54. The average Bonchev–Trinajstić information content (AvgIpc) is 3.26. The van der Waals surface area contributed by atoms with Crippen LogP contribution in [0.25, 0.3) is 11.1 Å². The SMILES string of the molecule is CCNC(=O)[C@@]1(Cc2ccccc2-c2cccnc2)CCCN(C(=O)c2ccn(C)n2)C1. The summed E-state index contributed by atoms with van der Waals surface area (Å²) in [7, 11) is 1.79. The number of likely N-dealkylation sites (tertiary alicyclic amines) is 1. The van der Waals surface area contributed by atoms with Gasteiger partial charge in [0.2, 0.25) is 5.91 Å². The highest BCUT2D eigenvalue weighted by Crippen LogP contribution is 2.37. The van der Waals surface area contributed by atoms with Crippen molar-refractivity contribution >= 4 is 11.8 Å². The number of aryl methyl sites for hydroxylation is 1. The molecular formula is C25H29N5O2. The van der Waals surface area contributed by atoms with Crippen LogP contribution in [0.5, 0.6) is 0 Å². The van der Waals surface area contributed by atoms with Gasteiger partial charge in [-0.2, -0.15) is 5.10 Å². The normalized spacial score (nSPS) is 18.4. The van der Waals surface area contributed by atoms with E-state index in [-0.39, 0.29) is 11.8 Å². The third kappa shape index (κ3) is 4.42. The van der Waals surface area contributed by atoms with E-state index in [0.717, 1.165) is 29.5 Å². The van der Waals surface area contributed by atoms with Gasteiger partial charge in [0, 0.05) is 50.8 Å². The molecule has 1 aliphatic heterocycles. The quantitative estimate of drug-likeness (QED) is 0.650. The van der Waals surface area contributed by atoms with Crippen molar-refractivity contribution in [2.75, 3.05) is 19.6 Å². The summed E-state index contributed by atoms with van der Waals surface area (Å²) in [5.74, 6) is -0.126. The summed E-state index contributed by atoms with van der Waals surface area (Å²) in [5.41, 5.74) is 2.88. The van der Waals surface area contributed by atoms with Crippen LogP contribution >= 0.6 is 0 Å². The van der Waals surface area contributed by atoms with Crippen LogP contribution in [0.3, 0.4) is 0 Å². The molecule has 4 rings (SSSR count). The van der Waals surface area contributed by atoms with Gasteiger partial charge >= 0.3 is 0 Å². The fraction of sp³-hybridized carbons (Fsp3) is 0.360. The van der Waals surface area contributed by atoms with Gasteiger partial charge < -0.3 is 10.2 Å². The number of pyridine rings is 1. The van der Waals surface area contributed by atoms with Crippen molar-refractivity contribution < 1.29 is 9.59 Å². The van der Waals surface area contributed by atoms with Gasteiger partial charge in [0.25, 0.3) is 5.91 Å². The predicted molar refractivity (Wildman–Crippen MR) is 123 cm³/mol. The highest BCUT2D eigenvalue weighted by atomic mass is 16.2. The van der Waals surface area contributed by atoms with Crippen LogP contribution in [0, 0.1) is 5.41 Å². The van der Waals surface area contributed by atoms with Crippen molar-refractivity contribution in [3.05, 3.63) is 72.3 Å². The number of rotatable bonds is 6. The van der Waals surface area contributed by atoms with E-state index < -0.39 is 5.41 Å². The number of nitrogens with one attached hydrogen (secondary N) is 1. The van der Waals surface area contributed by atoms with Gasteiger partial charge in [0.1, 0.15) is 5.69 Å². The van der Waals surface area contributed by atoms with Crippen LogP contribution in [0.4, 0.5) is 0 Å². The first-order valence-corrected chi connectivity index (χ1v) is 11.1. The number of nitrogens with zero attached hydrogens (tertiary/aromatic N) is 4. The molecule has 0 saturated carbocycles. The van der Waals surface area contributed by atoms with Crippen LogP contribution in [0.1, 0.15) is 35.8 Å². The van der Waals surface area contributed by atoms with Crippen LogP contribution in [-0.4, -0.2) is 51.1 Å². The molecule has 7 nitrogen and oxygen atoms in total. The molecule has 1 aromatic carbocycles. The minimum atomic E-state index is -0.697. The monoisotopic (exact) mass is 431 g/mol. The molecule has 0 bridgehead atoms. The number of carbonyl (C=O) groups excluding carboxylic acids is 2. The molecule has 3 heterocycles. The standard InChI is InChI=1S/C25H29N5O2/c1-3-27-24(32)25(12-7-14-30(18-25)23(31)22-11-15-29(2)28-22)16-19-8-4-5-10-21(19)20-9-6-13-26-17-20/h4-6,8-11,13,15,17H,3,7,12,14,16,18H2,1-2H3,(H,27,32)/t25-/m1/s1. The molecule has 1 saturated heterocycles. The maximum absolute atomic E-state index is 13.4. The van der Waals surface area contributed by atoms with E-state index in [4.69, 9.17) is 0 Å². The second-order valence-electron chi connectivity index (χ2n) is 8.42. The Balaban J connectivity index is 1.67. The van der Waals surface area contributed by atoms with Gasteiger partial charge in [-0.3, -0.25) is 19.3 Å². The van der Waals surface area contributed by atoms with Crippen molar-refractivity contribution in [1.82, 2.24) is 25.0 Å². The Hall–Kier alpha value is -3.48. The largest absolute Gasteiger partial charge is 0.356 e. The number of piperidine rings is 1. The van der Waals surface area contributed by atoms with Crippen LogP contribution in [0.2, 0.25) is 0 Å². The Morgan fingerprint density at radius 3 is 2.72 bits per heavy atom. The lowest BCUT2D eigenvalue weighted by atomic mass is 9.73. The molecule has 0 unspecified atom stereocenters. The minimum Gasteiger partial charge on any atom is -0.356 e. The summed E-state index contributed by atoms with van der Waals surface area (Å²) in [6.45, 7) is 3.48. The van der Waals surface area contributed by atoms with Gasteiger partial charge in [-0.15, -0.1) is 0 Å². The molecule has 1 atom stereocenters. The summed E-state index contributed by atoms with van der Waals surface area (Å²) in [6.07, 6.45) is 7.41. The maximum atomic E-state index is 13.4. The van der Waals surface area contributed by atoms with Gasteiger partial charge in [-0.25, -0.2) is 0 Å². The van der Waals surface area contributed by atoms with Crippen LogP contribution in [-0.2, 0) is 18.3 Å². The first-order chi connectivity index (χ1) is 15.5. The van der Waals surface area contributed by atoms with Crippen molar-refractivity contribution in [1.29, 1.82) is 0 Å². The van der Waals surface area contributed by atoms with E-state index in [1.165, 1.54) is 0 Å². The summed E-state index contributed by atoms with van der Waals surface area (Å²) in [6, 6.07) is 13.8. The molecule has 0 spiro atoms. The van der Waals surface area contributed by atoms with Crippen molar-refractivity contribution in [2.24, 2.45) is 12.5 Å². The summed E-state index contributed by atoms with van der Waals surface area (Å²) in [4.78, 5) is 32.6. The zero-order chi connectivity index (χ0) is 22.6. The zero-order valence-electron chi connectivity index (χ0n) is 18.6. The lowest BCUT2D eigenvalue weighted by molar-refractivity contribution is -0.133. The molecule has 0 aliphatic carbocycles. The molecule has 7 heteroatoms. The Morgan fingerprint density at radius 2 is 2.00 bits per heavy atom. The first-order valence-electron chi connectivity index (χ1n) is 11.1. The topological polar surface area (TPSA) is 80.1 Å². The third-order valence-electron chi connectivity index (χ3n) is 6.13. The van der Waals surface area contributed by atoms with Crippen LogP contribution < -0.4 is 5.32 Å². The van der Waals surface area contributed by atoms with Gasteiger partial charge in [0.15, 0.2) is 0 Å². The summed E-state index contributed by atoms with van der Waals surface area (Å²) < 4.78 is 1.62. The van der Waals surface area contributed by atoms with E-state index in [9.17, 15) is 9.59 Å². The number of aromatic nitrogens is 3. The molecule has 2 aromatic heterocycles. The summed E-state index contributed by atoms with van der Waals surface area (Å²) in [5, 5.41) is 7.30. The number of hydrogen-bond acceptors (Lipinski definition) is 4. The van der Waals surface area contributed by atoms with Gasteiger partial charge in [0.05, 0.1) is 5.41 Å². The minimum absolute atomic E-state index is 0.000453. The molecule has 2 amide bonds. The first kappa shape index (κ1) is 21.7. The maximum Gasteiger partial charge on any atom is 0.274 e. The van der Waals surface area contributed by atoms with Crippen molar-refractivity contribution in [3.8, 4) is 11.1 Å². The molecular weight excluding hydrogens is 402 g/mol. The molecule has 32 heavy (non-hydrogen) atoms. The van der Waals surface area contributed by atoms with Crippen molar-refractivity contribution in [2.45, 2.75) is 26.2 Å². The second kappa shape index (κ2) is 9.34. The molecule has 1 N–H and O–H groups in total. The van der Waals surface area contributed by atoms with E-state index >= 15 is 0 Å². The van der Waals surface area contributed by atoms with Crippen LogP contribution in [0.15, 0.2) is 61.1 Å². The van der Waals surface area contributed by atoms with E-state index in [1.807, 2.05) is 37.4 Å². The number of amides is 2. The average molecular weight is 432 g/mol. The number of hydrogen-bond donors (Lipinski definition) is 1. The number of benzene rings is 1. The third-order valence-corrected chi connectivity index (χ3v) is 6.13. The molecule has 1 fully saturated rings. The Labute approximate surface area is 188 Å². The second-order valence-corrected chi connectivity index (χ2v) is 8.42. The van der Waals surface area contributed by atoms with E-state index in [1.54, 1.807) is 35.1 Å². The Bertz CT molecular complexity index is 1090. The fourth-order valence-corrected chi connectivity index (χ4v) is 4.60. The molecule has 166 valence electrons. The van der Waals surface area contributed by atoms with Gasteiger partial charge in [-0.1, -0.05) is 30.3 Å². The summed E-state index contributed by atoms with van der Waals surface area (Å²) >= 11 is 0. The Morgan fingerprint density at radius 1 is 1.16 bits per heavy atom. The van der Waals surface area contributed by atoms with E-state index in [0.29, 0.717) is 31.7 Å². The predicted octanol–water partition coefficient (Wildman–Crippen LogP) is 3.08. The molecule has 0 radical (unpaired) electrons.